The third-order valence-electron chi connectivity index (χ3n) is 2.13. The van der Waals surface area contributed by atoms with Crippen molar-refractivity contribution in [3.63, 3.8) is 0 Å². The number of halogens is 4. The third-order valence-corrected chi connectivity index (χ3v) is 2.83. The number of hydrogen-bond donors (Lipinski definition) is 2. The normalized spacial score (nSPS) is 9.55. The van der Waals surface area contributed by atoms with Gasteiger partial charge in [0.25, 0.3) is 0 Å². The molecule has 0 saturated carbocycles. The second kappa shape index (κ2) is 14.0. The van der Waals surface area contributed by atoms with Crippen LogP contribution in [0, 0.1) is 0 Å². The lowest BCUT2D eigenvalue weighted by Crippen LogP contribution is -2.12. The Labute approximate surface area is 141 Å². The molecule has 0 heterocycles. The van der Waals surface area contributed by atoms with Crippen LogP contribution in [0.5, 0.6) is 0 Å². The summed E-state index contributed by atoms with van der Waals surface area (Å²) in [6.45, 7) is 0. The van der Waals surface area contributed by atoms with Crippen molar-refractivity contribution >= 4 is 52.9 Å². The highest BCUT2D eigenvalue weighted by atomic mass is 35.5. The van der Waals surface area contributed by atoms with E-state index in [0.717, 1.165) is 12.8 Å². The fourth-order valence-electron chi connectivity index (χ4n) is 1.21. The average Bonchev–Trinajstić information content (AvgIpc) is 2.39. The number of anilines is 1. The van der Waals surface area contributed by atoms with E-state index in [1.54, 1.807) is 32.4 Å². The Morgan fingerprint density at radius 1 is 1.15 bits per heavy atom. The monoisotopic (exact) mass is 364 g/mol. The van der Waals surface area contributed by atoms with Crippen molar-refractivity contribution < 1.29 is 9.47 Å². The highest BCUT2D eigenvalue weighted by molar-refractivity contribution is 6.35. The highest BCUT2D eigenvalue weighted by Gasteiger charge is 2.01. The van der Waals surface area contributed by atoms with Crippen molar-refractivity contribution in [3.05, 3.63) is 28.2 Å². The summed E-state index contributed by atoms with van der Waals surface area (Å²) in [6, 6.07) is 5.02. The zero-order chi connectivity index (χ0) is 14.7. The molecule has 0 radical (unpaired) electrons. The van der Waals surface area contributed by atoms with E-state index in [4.69, 9.17) is 50.1 Å². The van der Waals surface area contributed by atoms with Crippen LogP contribution in [-0.2, 0) is 9.47 Å². The number of hydrogen-bond acceptors (Lipinski definition) is 4. The zero-order valence-electron chi connectivity index (χ0n) is 11.4. The van der Waals surface area contributed by atoms with Crippen molar-refractivity contribution in [3.8, 4) is 0 Å². The molecule has 8 heteroatoms. The zero-order valence-corrected chi connectivity index (χ0v) is 14.5. The second-order valence-electron chi connectivity index (χ2n) is 3.53. The van der Waals surface area contributed by atoms with Crippen LogP contribution in [0.4, 0.5) is 5.69 Å². The minimum absolute atomic E-state index is 0. The van der Waals surface area contributed by atoms with Gasteiger partial charge in [-0.05, 0) is 31.0 Å². The first kappa shape index (κ1) is 22.3. The van der Waals surface area contributed by atoms with E-state index >= 15 is 0 Å². The highest BCUT2D eigenvalue weighted by Crippen LogP contribution is 2.21. The Morgan fingerprint density at radius 2 is 1.65 bits per heavy atom. The van der Waals surface area contributed by atoms with E-state index in [1.807, 2.05) is 0 Å². The number of nitrogens with two attached hydrogens (primary N) is 1. The minimum Gasteiger partial charge on any atom is -0.356 e. The standard InChI is InChI=1S/C6H6Cl2N2.C6H13ClO2.ClH/c7-4-1-5(8)3-6(2-4)10-9;1-8-6(9-2)4-3-5-7;/h1-3,10H,9H2;6H,3-5H2,1-2H3;1H. The summed E-state index contributed by atoms with van der Waals surface area (Å²) < 4.78 is 9.84. The smallest absolute Gasteiger partial charge is 0.156 e. The number of ether oxygens (including phenoxy) is 2. The summed E-state index contributed by atoms with van der Waals surface area (Å²) in [5, 5.41) is 1.14. The molecule has 1 rings (SSSR count). The van der Waals surface area contributed by atoms with Crippen molar-refractivity contribution in [2.75, 3.05) is 25.5 Å². The van der Waals surface area contributed by atoms with Crippen molar-refractivity contribution in [1.82, 2.24) is 0 Å². The molecule has 0 aliphatic heterocycles. The molecule has 118 valence electrons. The summed E-state index contributed by atoms with van der Waals surface area (Å²) in [7, 11) is 3.25. The van der Waals surface area contributed by atoms with Crippen LogP contribution in [0.25, 0.3) is 0 Å². The van der Waals surface area contributed by atoms with Crippen LogP contribution in [0.2, 0.25) is 10.0 Å². The summed E-state index contributed by atoms with van der Waals surface area (Å²) >= 11 is 16.7. The molecule has 1 aromatic carbocycles. The molecule has 4 nitrogen and oxygen atoms in total. The molecule has 0 saturated heterocycles. The maximum absolute atomic E-state index is 5.65. The third kappa shape index (κ3) is 10.8. The molecule has 0 atom stereocenters. The van der Waals surface area contributed by atoms with Crippen molar-refractivity contribution in [1.29, 1.82) is 0 Å². The molecule has 0 aliphatic carbocycles. The summed E-state index contributed by atoms with van der Waals surface area (Å²) in [6.07, 6.45) is 1.73. The molecule has 0 amide bonds. The van der Waals surface area contributed by atoms with Gasteiger partial charge in [0.2, 0.25) is 0 Å². The van der Waals surface area contributed by atoms with E-state index in [1.165, 1.54) is 0 Å². The number of hydrazine groups is 1. The molecule has 0 aliphatic rings. The minimum atomic E-state index is -0.0799. The summed E-state index contributed by atoms with van der Waals surface area (Å²) in [5.74, 6) is 5.79. The van der Waals surface area contributed by atoms with Crippen LogP contribution in [-0.4, -0.2) is 26.4 Å². The molecule has 0 spiro atoms. The molecule has 0 fully saturated rings. The average molecular weight is 366 g/mol. The fourth-order valence-corrected chi connectivity index (χ4v) is 1.89. The number of methoxy groups -OCH3 is 2. The van der Waals surface area contributed by atoms with Crippen LogP contribution in [0.15, 0.2) is 18.2 Å². The van der Waals surface area contributed by atoms with E-state index in [0.29, 0.717) is 21.6 Å². The van der Waals surface area contributed by atoms with Crippen LogP contribution < -0.4 is 11.3 Å². The van der Waals surface area contributed by atoms with E-state index in [2.05, 4.69) is 5.43 Å². The molecule has 20 heavy (non-hydrogen) atoms. The van der Waals surface area contributed by atoms with Gasteiger partial charge in [0.15, 0.2) is 6.29 Å². The van der Waals surface area contributed by atoms with Crippen LogP contribution in [0.3, 0.4) is 0 Å². The molecular weight excluding hydrogens is 346 g/mol. The lowest BCUT2D eigenvalue weighted by molar-refractivity contribution is -0.106. The first-order valence-corrected chi connectivity index (χ1v) is 6.90. The predicted octanol–water partition coefficient (Wildman–Crippen LogP) is 4.33. The number of rotatable bonds is 6. The van der Waals surface area contributed by atoms with E-state index in [9.17, 15) is 0 Å². The fraction of sp³-hybridized carbons (Fsp3) is 0.500. The molecule has 0 bridgehead atoms. The predicted molar refractivity (Wildman–Crippen MR) is 89.3 cm³/mol. The molecule has 0 aromatic heterocycles. The number of alkyl halides is 1. The van der Waals surface area contributed by atoms with Crippen LogP contribution in [0.1, 0.15) is 12.8 Å². The van der Waals surface area contributed by atoms with Gasteiger partial charge in [0, 0.05) is 30.1 Å². The first-order valence-electron chi connectivity index (χ1n) is 5.61. The maximum Gasteiger partial charge on any atom is 0.156 e. The number of nitrogen functional groups attached to an aromatic ring is 1. The molecule has 1 aromatic rings. The largest absolute Gasteiger partial charge is 0.356 e. The summed E-state index contributed by atoms with van der Waals surface area (Å²) in [5.41, 5.74) is 3.15. The number of benzene rings is 1. The lowest BCUT2D eigenvalue weighted by Gasteiger charge is -2.11. The quantitative estimate of drug-likeness (QED) is 0.341. The summed E-state index contributed by atoms with van der Waals surface area (Å²) in [4.78, 5) is 0. The van der Waals surface area contributed by atoms with Gasteiger partial charge in [0.05, 0.1) is 5.69 Å². The Morgan fingerprint density at radius 3 is 2.00 bits per heavy atom. The second-order valence-corrected chi connectivity index (χ2v) is 4.79. The van der Waals surface area contributed by atoms with Gasteiger partial charge >= 0.3 is 0 Å². The van der Waals surface area contributed by atoms with Crippen LogP contribution >= 0.6 is 47.2 Å². The Hall–Kier alpha value is 0.0600. The molecular formula is C12H20Cl4N2O2. The first-order chi connectivity index (χ1) is 9.07. The van der Waals surface area contributed by atoms with Gasteiger partial charge in [-0.1, -0.05) is 23.2 Å². The lowest BCUT2D eigenvalue weighted by atomic mass is 10.3. The Balaban J connectivity index is 0. The van der Waals surface area contributed by atoms with E-state index < -0.39 is 0 Å². The van der Waals surface area contributed by atoms with Gasteiger partial charge in [-0.25, -0.2) is 0 Å². The topological polar surface area (TPSA) is 56.5 Å². The number of nitrogens with one attached hydrogen (secondary N) is 1. The van der Waals surface area contributed by atoms with Gasteiger partial charge in [0.1, 0.15) is 0 Å². The van der Waals surface area contributed by atoms with Gasteiger partial charge in [-0.3, -0.25) is 5.84 Å². The maximum atomic E-state index is 5.65. The Bertz CT molecular complexity index is 332. The molecule has 0 unspecified atom stereocenters. The van der Waals surface area contributed by atoms with E-state index in [-0.39, 0.29) is 18.7 Å². The Kier molecular flexibility index (Phi) is 15.7. The molecule has 3 N–H and O–H groups in total. The SMILES string of the molecule is COC(CCCCl)OC.Cl.NNc1cc(Cl)cc(Cl)c1. The van der Waals surface area contributed by atoms with Gasteiger partial charge < -0.3 is 14.9 Å². The van der Waals surface area contributed by atoms with Gasteiger partial charge in [-0.15, -0.1) is 24.0 Å². The van der Waals surface area contributed by atoms with Gasteiger partial charge in [-0.2, -0.15) is 0 Å². The van der Waals surface area contributed by atoms with Crippen molar-refractivity contribution in [2.24, 2.45) is 5.84 Å². The van der Waals surface area contributed by atoms with Crippen molar-refractivity contribution in [2.45, 2.75) is 19.1 Å².